The normalized spacial score (nSPS) is 9.68. The van der Waals surface area contributed by atoms with Gasteiger partial charge >= 0.3 is 5.97 Å². The lowest BCUT2D eigenvalue weighted by molar-refractivity contribution is 0.0600. The smallest absolute Gasteiger partial charge is 0.339 e. The summed E-state index contributed by atoms with van der Waals surface area (Å²) in [7, 11) is 1.27. The van der Waals surface area contributed by atoms with E-state index in [-0.39, 0.29) is 11.1 Å². The second-order valence-electron chi connectivity index (χ2n) is 3.78. The lowest BCUT2D eigenvalue weighted by Gasteiger charge is -2.07. The van der Waals surface area contributed by atoms with Gasteiger partial charge in [0.1, 0.15) is 0 Å². The molecule has 2 aromatic rings. The van der Waals surface area contributed by atoms with Crippen LogP contribution < -0.4 is 5.56 Å². The van der Waals surface area contributed by atoms with Crippen LogP contribution in [-0.2, 0) is 4.74 Å². The van der Waals surface area contributed by atoms with Gasteiger partial charge in [0.05, 0.1) is 24.3 Å². The molecule has 1 aromatic heterocycles. The molecule has 5 nitrogen and oxygen atoms in total. The first-order chi connectivity index (χ1) is 9.15. The quantitative estimate of drug-likeness (QED) is 0.761. The Morgan fingerprint density at radius 1 is 1.32 bits per heavy atom. The fourth-order valence-electron chi connectivity index (χ4n) is 1.65. The number of carbonyl (C=O) groups is 1. The Morgan fingerprint density at radius 3 is 2.79 bits per heavy atom. The largest absolute Gasteiger partial charge is 0.465 e. The summed E-state index contributed by atoms with van der Waals surface area (Å²) >= 11 is 0. The van der Waals surface area contributed by atoms with E-state index in [0.717, 1.165) is 0 Å². The topological polar surface area (TPSA) is 72.1 Å². The summed E-state index contributed by atoms with van der Waals surface area (Å²) in [4.78, 5) is 23.3. The fraction of sp³-hybridized carbons (Fsp3) is 0.0714. The van der Waals surface area contributed by atoms with E-state index in [1.807, 2.05) is 6.07 Å². The third-order valence-electron chi connectivity index (χ3n) is 2.59. The minimum Gasteiger partial charge on any atom is -0.465 e. The van der Waals surface area contributed by atoms with Gasteiger partial charge in [0, 0.05) is 18.0 Å². The number of carbonyl (C=O) groups excluding carboxylic acids is 1. The van der Waals surface area contributed by atoms with E-state index >= 15 is 0 Å². The third-order valence-corrected chi connectivity index (χ3v) is 2.59. The second kappa shape index (κ2) is 5.19. The van der Waals surface area contributed by atoms with Crippen molar-refractivity contribution in [2.24, 2.45) is 0 Å². The van der Waals surface area contributed by atoms with E-state index < -0.39 is 5.97 Å². The van der Waals surface area contributed by atoms with Crippen molar-refractivity contribution >= 4 is 5.97 Å². The molecule has 94 valence electrons. The number of nitrogens with zero attached hydrogens (tertiary/aromatic N) is 2. The molecule has 0 aliphatic heterocycles. The van der Waals surface area contributed by atoms with Crippen molar-refractivity contribution in [1.82, 2.24) is 4.57 Å². The molecule has 5 heteroatoms. The van der Waals surface area contributed by atoms with Crippen molar-refractivity contribution in [3.63, 3.8) is 0 Å². The molecule has 0 amide bonds. The highest BCUT2D eigenvalue weighted by Crippen LogP contribution is 2.09. The van der Waals surface area contributed by atoms with Gasteiger partial charge in [0.15, 0.2) is 0 Å². The van der Waals surface area contributed by atoms with Crippen molar-refractivity contribution < 1.29 is 9.53 Å². The molecule has 0 spiro atoms. The maximum atomic E-state index is 11.8. The number of hydrogen-bond acceptors (Lipinski definition) is 4. The molecule has 2 rings (SSSR count). The van der Waals surface area contributed by atoms with Crippen molar-refractivity contribution in [1.29, 1.82) is 5.26 Å². The molecular weight excluding hydrogens is 244 g/mol. The molecule has 0 fully saturated rings. The first kappa shape index (κ1) is 12.6. The van der Waals surface area contributed by atoms with Crippen molar-refractivity contribution in [2.75, 3.05) is 7.11 Å². The van der Waals surface area contributed by atoms with Crippen LogP contribution in [-0.4, -0.2) is 17.6 Å². The minimum absolute atomic E-state index is 0.268. The van der Waals surface area contributed by atoms with Crippen molar-refractivity contribution in [3.05, 3.63) is 64.1 Å². The average Bonchev–Trinajstić information content (AvgIpc) is 2.47. The molecule has 0 N–H and O–H groups in total. The van der Waals surface area contributed by atoms with Gasteiger partial charge in [-0.3, -0.25) is 9.36 Å². The van der Waals surface area contributed by atoms with Gasteiger partial charge in [0.25, 0.3) is 5.56 Å². The number of aromatic nitrogens is 1. The Morgan fingerprint density at radius 2 is 2.11 bits per heavy atom. The molecule has 0 atom stereocenters. The van der Waals surface area contributed by atoms with Gasteiger partial charge in [-0.1, -0.05) is 6.07 Å². The highest BCUT2D eigenvalue weighted by Gasteiger charge is 2.08. The number of benzene rings is 1. The van der Waals surface area contributed by atoms with Crippen LogP contribution in [0.4, 0.5) is 0 Å². The first-order valence-electron chi connectivity index (χ1n) is 5.47. The molecule has 0 saturated carbocycles. The second-order valence-corrected chi connectivity index (χ2v) is 3.78. The van der Waals surface area contributed by atoms with Gasteiger partial charge in [-0.25, -0.2) is 4.79 Å². The van der Waals surface area contributed by atoms with E-state index in [2.05, 4.69) is 4.74 Å². The first-order valence-corrected chi connectivity index (χ1v) is 5.47. The average molecular weight is 254 g/mol. The number of hydrogen-bond donors (Lipinski definition) is 0. The van der Waals surface area contributed by atoms with E-state index in [9.17, 15) is 9.59 Å². The van der Waals surface area contributed by atoms with E-state index in [0.29, 0.717) is 11.3 Å². The van der Waals surface area contributed by atoms with Crippen LogP contribution in [0.25, 0.3) is 5.69 Å². The Hall–Kier alpha value is -2.87. The van der Waals surface area contributed by atoms with Gasteiger partial charge < -0.3 is 4.74 Å². The zero-order chi connectivity index (χ0) is 13.8. The summed E-state index contributed by atoms with van der Waals surface area (Å²) in [5, 5.41) is 8.85. The number of pyridine rings is 1. The van der Waals surface area contributed by atoms with E-state index in [4.69, 9.17) is 5.26 Å². The summed E-state index contributed by atoms with van der Waals surface area (Å²) in [6.45, 7) is 0. The minimum atomic E-state index is -0.523. The molecule has 0 unspecified atom stereocenters. The molecule has 0 bridgehead atoms. The van der Waals surface area contributed by atoms with Crippen LogP contribution >= 0.6 is 0 Å². The Kier molecular flexibility index (Phi) is 3.44. The monoisotopic (exact) mass is 254 g/mol. The van der Waals surface area contributed by atoms with Crippen LogP contribution in [0.3, 0.4) is 0 Å². The molecule has 19 heavy (non-hydrogen) atoms. The van der Waals surface area contributed by atoms with E-state index in [1.165, 1.54) is 30.0 Å². The summed E-state index contributed by atoms with van der Waals surface area (Å²) < 4.78 is 5.90. The lowest BCUT2D eigenvalue weighted by atomic mass is 10.2. The number of methoxy groups -OCH3 is 1. The molecule has 1 aromatic carbocycles. The molecule has 1 heterocycles. The zero-order valence-electron chi connectivity index (χ0n) is 10.2. The molecule has 0 aliphatic rings. The summed E-state index contributed by atoms with van der Waals surface area (Å²) in [5.41, 5.74) is 0.940. The standard InChI is InChI=1S/C14H10N2O3/c1-19-14(18)11-5-6-13(17)16(9-11)12-4-2-3-10(7-12)8-15/h2-7,9H,1H3. The maximum Gasteiger partial charge on any atom is 0.339 e. The Balaban J connectivity index is 2.58. The number of rotatable bonds is 2. The van der Waals surface area contributed by atoms with Gasteiger partial charge in [0.2, 0.25) is 0 Å². The van der Waals surface area contributed by atoms with E-state index in [1.54, 1.807) is 24.3 Å². The van der Waals surface area contributed by atoms with Crippen LogP contribution in [0, 0.1) is 11.3 Å². The molecular formula is C14H10N2O3. The van der Waals surface area contributed by atoms with Gasteiger partial charge in [-0.15, -0.1) is 0 Å². The lowest BCUT2D eigenvalue weighted by Crippen LogP contribution is -2.18. The van der Waals surface area contributed by atoms with Crippen LogP contribution in [0.5, 0.6) is 0 Å². The van der Waals surface area contributed by atoms with Crippen LogP contribution in [0.15, 0.2) is 47.4 Å². The van der Waals surface area contributed by atoms with Gasteiger partial charge in [-0.05, 0) is 24.3 Å². The summed E-state index contributed by atoms with van der Waals surface area (Å²) in [6.07, 6.45) is 1.39. The highest BCUT2D eigenvalue weighted by atomic mass is 16.5. The predicted molar refractivity (Wildman–Crippen MR) is 68.1 cm³/mol. The molecule has 0 radical (unpaired) electrons. The summed E-state index contributed by atoms with van der Waals surface area (Å²) in [5.74, 6) is -0.523. The SMILES string of the molecule is COC(=O)c1ccc(=O)n(-c2cccc(C#N)c2)c1. The Bertz CT molecular complexity index is 726. The third kappa shape index (κ3) is 2.53. The molecule has 0 saturated heterocycles. The zero-order valence-corrected chi connectivity index (χ0v) is 10.2. The number of esters is 1. The van der Waals surface area contributed by atoms with Gasteiger partial charge in [-0.2, -0.15) is 5.26 Å². The van der Waals surface area contributed by atoms with Crippen molar-refractivity contribution in [3.8, 4) is 11.8 Å². The number of ether oxygens (including phenoxy) is 1. The molecule has 0 aliphatic carbocycles. The van der Waals surface area contributed by atoms with Crippen LogP contribution in [0.2, 0.25) is 0 Å². The Labute approximate surface area is 109 Å². The maximum absolute atomic E-state index is 11.8. The highest BCUT2D eigenvalue weighted by molar-refractivity contribution is 5.88. The number of nitriles is 1. The van der Waals surface area contributed by atoms with Crippen LogP contribution in [0.1, 0.15) is 15.9 Å². The predicted octanol–water partition coefficient (Wildman–Crippen LogP) is 1.50. The summed E-state index contributed by atoms with van der Waals surface area (Å²) in [6, 6.07) is 11.2. The van der Waals surface area contributed by atoms with Crippen molar-refractivity contribution in [2.45, 2.75) is 0 Å². The fourth-order valence-corrected chi connectivity index (χ4v) is 1.65.